The Bertz CT molecular complexity index is 679. The second kappa shape index (κ2) is 9.98. The minimum atomic E-state index is 0. The number of rotatable bonds is 4. The summed E-state index contributed by atoms with van der Waals surface area (Å²) in [4.78, 5) is 11.8. The molecule has 1 aromatic rings. The number of fused-ring (bicyclic) bond motifs is 1. The molecule has 1 aromatic carbocycles. The molecule has 156 valence electrons. The number of likely N-dealkylation sites (tertiary alicyclic amines) is 1. The van der Waals surface area contributed by atoms with Crippen LogP contribution >= 0.6 is 24.0 Å². The molecule has 7 nitrogen and oxygen atoms in total. The minimum Gasteiger partial charge on any atom is -0.454 e. The number of piperazine rings is 1. The predicted octanol–water partition coefficient (Wildman–Crippen LogP) is 1.68. The monoisotopic (exact) mass is 501 g/mol. The van der Waals surface area contributed by atoms with Gasteiger partial charge in [0, 0.05) is 52.9 Å². The Labute approximate surface area is 185 Å². The van der Waals surface area contributed by atoms with Gasteiger partial charge >= 0.3 is 0 Å². The van der Waals surface area contributed by atoms with E-state index in [-0.39, 0.29) is 24.0 Å². The molecule has 1 atom stereocenters. The van der Waals surface area contributed by atoms with Gasteiger partial charge in [-0.25, -0.2) is 0 Å². The Morgan fingerprint density at radius 3 is 2.64 bits per heavy atom. The van der Waals surface area contributed by atoms with Crippen LogP contribution in [0.25, 0.3) is 0 Å². The molecule has 0 bridgehead atoms. The highest BCUT2D eigenvalue weighted by Crippen LogP contribution is 2.32. The average Bonchev–Trinajstić information content (AvgIpc) is 3.32. The van der Waals surface area contributed by atoms with Crippen LogP contribution in [-0.2, 0) is 6.54 Å². The fraction of sp³-hybridized carbons (Fsp3) is 0.650. The third-order valence-corrected chi connectivity index (χ3v) is 5.76. The van der Waals surface area contributed by atoms with E-state index in [1.54, 1.807) is 0 Å². The van der Waals surface area contributed by atoms with Gasteiger partial charge in [-0.3, -0.25) is 9.89 Å². The molecule has 0 amide bonds. The Morgan fingerprint density at radius 2 is 1.93 bits per heavy atom. The molecule has 0 spiro atoms. The zero-order valence-electron chi connectivity index (χ0n) is 16.9. The Kier molecular flexibility index (Phi) is 7.64. The van der Waals surface area contributed by atoms with E-state index >= 15 is 0 Å². The van der Waals surface area contributed by atoms with E-state index in [2.05, 4.69) is 44.2 Å². The minimum absolute atomic E-state index is 0. The molecule has 0 radical (unpaired) electrons. The van der Waals surface area contributed by atoms with E-state index in [4.69, 9.17) is 9.47 Å². The first kappa shape index (κ1) is 21.4. The van der Waals surface area contributed by atoms with Crippen molar-refractivity contribution in [3.05, 3.63) is 23.8 Å². The lowest BCUT2D eigenvalue weighted by molar-refractivity contribution is 0.171. The molecule has 1 unspecified atom stereocenters. The molecule has 3 heterocycles. The summed E-state index contributed by atoms with van der Waals surface area (Å²) in [5.74, 6) is 3.51. The zero-order chi connectivity index (χ0) is 18.6. The number of aliphatic imine (C=N–C) groups is 1. The fourth-order valence-corrected chi connectivity index (χ4v) is 4.18. The number of hydrogen-bond acceptors (Lipinski definition) is 5. The van der Waals surface area contributed by atoms with Crippen molar-refractivity contribution >= 4 is 29.9 Å². The summed E-state index contributed by atoms with van der Waals surface area (Å²) in [6.07, 6.45) is 1.28. The Balaban J connectivity index is 0.00000225. The molecule has 28 heavy (non-hydrogen) atoms. The van der Waals surface area contributed by atoms with Crippen LogP contribution in [0.5, 0.6) is 11.5 Å². The van der Waals surface area contributed by atoms with Crippen molar-refractivity contribution in [2.75, 3.05) is 66.7 Å². The van der Waals surface area contributed by atoms with Gasteiger partial charge in [-0.2, -0.15) is 0 Å². The van der Waals surface area contributed by atoms with Crippen LogP contribution in [0.3, 0.4) is 0 Å². The fourth-order valence-electron chi connectivity index (χ4n) is 4.18. The van der Waals surface area contributed by atoms with Crippen LogP contribution in [-0.4, -0.2) is 87.4 Å². The lowest BCUT2D eigenvalue weighted by atomic mass is 10.1. The first-order valence-electron chi connectivity index (χ1n) is 9.96. The van der Waals surface area contributed by atoms with Crippen molar-refractivity contribution in [3.63, 3.8) is 0 Å². The predicted molar refractivity (Wildman–Crippen MR) is 122 cm³/mol. The summed E-state index contributed by atoms with van der Waals surface area (Å²) in [6.45, 7) is 8.81. The number of halogens is 1. The van der Waals surface area contributed by atoms with Gasteiger partial charge < -0.3 is 24.6 Å². The van der Waals surface area contributed by atoms with Crippen LogP contribution in [0.1, 0.15) is 12.0 Å². The van der Waals surface area contributed by atoms with Gasteiger partial charge in [0.1, 0.15) is 0 Å². The van der Waals surface area contributed by atoms with Crippen LogP contribution < -0.4 is 14.8 Å². The van der Waals surface area contributed by atoms with Crippen LogP contribution in [0.2, 0.25) is 0 Å². The van der Waals surface area contributed by atoms with Crippen molar-refractivity contribution in [2.45, 2.75) is 13.0 Å². The summed E-state index contributed by atoms with van der Waals surface area (Å²) in [5.41, 5.74) is 1.28. The van der Waals surface area contributed by atoms with Crippen LogP contribution in [0.15, 0.2) is 23.2 Å². The van der Waals surface area contributed by atoms with Gasteiger partial charge in [-0.15, -0.1) is 24.0 Å². The maximum atomic E-state index is 5.49. The topological polar surface area (TPSA) is 52.6 Å². The van der Waals surface area contributed by atoms with E-state index in [9.17, 15) is 0 Å². The average molecular weight is 501 g/mol. The zero-order valence-corrected chi connectivity index (χ0v) is 19.2. The highest BCUT2D eigenvalue weighted by Gasteiger charge is 2.23. The third kappa shape index (κ3) is 5.21. The summed E-state index contributed by atoms with van der Waals surface area (Å²) in [6, 6.07) is 6.26. The van der Waals surface area contributed by atoms with Crippen molar-refractivity contribution in [2.24, 2.45) is 10.9 Å². The Hall–Kier alpha value is -1.26. The lowest BCUT2D eigenvalue weighted by Gasteiger charge is -2.36. The van der Waals surface area contributed by atoms with Crippen molar-refractivity contribution < 1.29 is 9.47 Å². The number of benzene rings is 1. The normalized spacial score (nSPS) is 23.0. The van der Waals surface area contributed by atoms with E-state index in [1.165, 1.54) is 25.1 Å². The second-order valence-corrected chi connectivity index (χ2v) is 7.80. The molecule has 8 heteroatoms. The number of ether oxygens (including phenoxy) is 2. The van der Waals surface area contributed by atoms with Gasteiger partial charge in [-0.1, -0.05) is 6.07 Å². The van der Waals surface area contributed by atoms with Crippen molar-refractivity contribution in [3.8, 4) is 11.5 Å². The molecule has 2 saturated heterocycles. The standard InChI is InChI=1S/C20H31N5O2.HI/c1-21-20(22-12-17-5-6-23(2)13-17)25-9-7-24(8-10-25)14-16-3-4-18-19(11-16)27-15-26-18;/h3-4,11,17H,5-10,12-15H2,1-2H3,(H,21,22);1H. The third-order valence-electron chi connectivity index (χ3n) is 5.76. The first-order valence-corrected chi connectivity index (χ1v) is 9.96. The van der Waals surface area contributed by atoms with Crippen molar-refractivity contribution in [1.29, 1.82) is 0 Å². The molecule has 3 aliphatic rings. The molecule has 0 saturated carbocycles. The lowest BCUT2D eigenvalue weighted by Crippen LogP contribution is -2.52. The molecule has 2 fully saturated rings. The van der Waals surface area contributed by atoms with Gasteiger partial charge in [0.25, 0.3) is 0 Å². The van der Waals surface area contributed by atoms with Gasteiger partial charge in [0.05, 0.1) is 0 Å². The van der Waals surface area contributed by atoms with Gasteiger partial charge in [-0.05, 0) is 43.6 Å². The van der Waals surface area contributed by atoms with Gasteiger partial charge in [0.15, 0.2) is 17.5 Å². The molecule has 0 aromatic heterocycles. The quantitative estimate of drug-likeness (QED) is 0.385. The molecular formula is C20H32IN5O2. The number of nitrogens with zero attached hydrogens (tertiary/aromatic N) is 4. The summed E-state index contributed by atoms with van der Waals surface area (Å²) in [5, 5.41) is 3.59. The number of nitrogens with one attached hydrogen (secondary N) is 1. The van der Waals surface area contributed by atoms with E-state index in [0.29, 0.717) is 6.79 Å². The van der Waals surface area contributed by atoms with Crippen LogP contribution in [0, 0.1) is 5.92 Å². The molecule has 1 N–H and O–H groups in total. The molecule has 0 aliphatic carbocycles. The maximum absolute atomic E-state index is 5.49. The molecular weight excluding hydrogens is 469 g/mol. The SMILES string of the molecule is CN=C(NCC1CCN(C)C1)N1CCN(Cc2ccc3c(c2)OCO3)CC1.I. The van der Waals surface area contributed by atoms with Gasteiger partial charge in [0.2, 0.25) is 6.79 Å². The summed E-state index contributed by atoms with van der Waals surface area (Å²) in [7, 11) is 4.09. The molecule has 4 rings (SSSR count). The largest absolute Gasteiger partial charge is 0.454 e. The summed E-state index contributed by atoms with van der Waals surface area (Å²) >= 11 is 0. The summed E-state index contributed by atoms with van der Waals surface area (Å²) < 4.78 is 10.9. The van der Waals surface area contributed by atoms with Crippen LogP contribution in [0.4, 0.5) is 0 Å². The molecule has 3 aliphatic heterocycles. The second-order valence-electron chi connectivity index (χ2n) is 7.80. The number of guanidine groups is 1. The smallest absolute Gasteiger partial charge is 0.231 e. The van der Waals surface area contributed by atoms with E-state index in [0.717, 1.165) is 62.6 Å². The Morgan fingerprint density at radius 1 is 1.14 bits per heavy atom. The highest BCUT2D eigenvalue weighted by atomic mass is 127. The van der Waals surface area contributed by atoms with E-state index < -0.39 is 0 Å². The number of hydrogen-bond donors (Lipinski definition) is 1. The van der Waals surface area contributed by atoms with Crippen molar-refractivity contribution in [1.82, 2.24) is 20.0 Å². The highest BCUT2D eigenvalue weighted by molar-refractivity contribution is 14.0. The maximum Gasteiger partial charge on any atom is 0.231 e. The van der Waals surface area contributed by atoms with E-state index in [1.807, 2.05) is 13.1 Å². The first-order chi connectivity index (χ1) is 13.2.